The maximum Gasteiger partial charge on any atom is 0.128 e. The third-order valence-corrected chi connectivity index (χ3v) is 2.81. The van der Waals surface area contributed by atoms with E-state index in [1.54, 1.807) is 6.20 Å². The van der Waals surface area contributed by atoms with E-state index >= 15 is 0 Å². The predicted octanol–water partition coefficient (Wildman–Crippen LogP) is 1.61. The summed E-state index contributed by atoms with van der Waals surface area (Å²) in [6.45, 7) is 1.93. The molecule has 1 aliphatic rings. The zero-order chi connectivity index (χ0) is 11.5. The lowest BCUT2D eigenvalue weighted by Crippen LogP contribution is -2.30. The van der Waals surface area contributed by atoms with Crippen molar-refractivity contribution in [3.05, 3.63) is 48.3 Å². The normalized spacial score (nSPS) is 15.2. The monoisotopic (exact) mass is 226 g/mol. The molecule has 2 aromatic rings. The number of hydrogen-bond donors (Lipinski definition) is 1. The summed E-state index contributed by atoms with van der Waals surface area (Å²) in [5.74, 6) is 1.00. The van der Waals surface area contributed by atoms with Gasteiger partial charge >= 0.3 is 0 Å². The number of aliphatic imine (C=N–C) groups is 1. The smallest absolute Gasteiger partial charge is 0.128 e. The Hall–Kier alpha value is -2.10. The highest BCUT2D eigenvalue weighted by Gasteiger charge is 2.06. The van der Waals surface area contributed by atoms with Crippen LogP contribution in [0.15, 0.2) is 47.7 Å². The van der Waals surface area contributed by atoms with E-state index in [-0.39, 0.29) is 0 Å². The first-order chi connectivity index (χ1) is 8.43. The van der Waals surface area contributed by atoms with E-state index in [1.807, 2.05) is 16.9 Å². The predicted molar refractivity (Wildman–Crippen MR) is 67.6 cm³/mol. The number of nitrogens with zero attached hydrogens (tertiary/aromatic N) is 3. The first kappa shape index (κ1) is 10.1. The van der Waals surface area contributed by atoms with E-state index in [1.165, 1.54) is 0 Å². The Labute approximate surface area is 100.0 Å². The van der Waals surface area contributed by atoms with Crippen LogP contribution in [0.2, 0.25) is 0 Å². The van der Waals surface area contributed by atoms with Crippen molar-refractivity contribution in [3.63, 3.8) is 0 Å². The minimum absolute atomic E-state index is 0.920. The standard InChI is InChI=1S/C13H14N4/c1-7-14-13(15-8-1)11-3-5-12(6-4-11)17-10-2-9-16-17/h2-6,9-10H,1,7-8H2,(H,14,15). The van der Waals surface area contributed by atoms with Crippen LogP contribution in [0.5, 0.6) is 0 Å². The topological polar surface area (TPSA) is 42.2 Å². The van der Waals surface area contributed by atoms with Crippen LogP contribution in [0.1, 0.15) is 12.0 Å². The van der Waals surface area contributed by atoms with Gasteiger partial charge in [-0.15, -0.1) is 0 Å². The van der Waals surface area contributed by atoms with Gasteiger partial charge in [-0.1, -0.05) is 0 Å². The number of aromatic nitrogens is 2. The van der Waals surface area contributed by atoms with Crippen LogP contribution in [0.3, 0.4) is 0 Å². The van der Waals surface area contributed by atoms with Crippen molar-refractivity contribution in [2.45, 2.75) is 6.42 Å². The maximum atomic E-state index is 4.48. The fraction of sp³-hybridized carbons (Fsp3) is 0.231. The molecule has 0 saturated carbocycles. The van der Waals surface area contributed by atoms with Gasteiger partial charge in [0.05, 0.1) is 5.69 Å². The van der Waals surface area contributed by atoms with Crippen LogP contribution < -0.4 is 5.32 Å². The van der Waals surface area contributed by atoms with Crippen molar-refractivity contribution in [2.24, 2.45) is 4.99 Å². The molecule has 0 saturated heterocycles. The second-order valence-electron chi connectivity index (χ2n) is 4.01. The van der Waals surface area contributed by atoms with E-state index in [9.17, 15) is 0 Å². The van der Waals surface area contributed by atoms with E-state index in [2.05, 4.69) is 39.7 Å². The number of rotatable bonds is 2. The highest BCUT2D eigenvalue weighted by molar-refractivity contribution is 5.99. The lowest BCUT2D eigenvalue weighted by molar-refractivity contribution is 0.742. The molecule has 0 atom stereocenters. The summed E-state index contributed by atoms with van der Waals surface area (Å²) in [7, 11) is 0. The van der Waals surface area contributed by atoms with Crippen molar-refractivity contribution in [1.82, 2.24) is 15.1 Å². The largest absolute Gasteiger partial charge is 0.370 e. The molecule has 1 N–H and O–H groups in total. The Balaban J connectivity index is 1.87. The van der Waals surface area contributed by atoms with Gasteiger partial charge in [0.15, 0.2) is 0 Å². The Morgan fingerprint density at radius 2 is 2.06 bits per heavy atom. The first-order valence-electron chi connectivity index (χ1n) is 5.82. The molecule has 86 valence electrons. The fourth-order valence-electron chi connectivity index (χ4n) is 1.92. The maximum absolute atomic E-state index is 4.48. The van der Waals surface area contributed by atoms with Gasteiger partial charge in [0.2, 0.25) is 0 Å². The van der Waals surface area contributed by atoms with Gasteiger partial charge in [-0.2, -0.15) is 5.10 Å². The Morgan fingerprint density at radius 1 is 1.18 bits per heavy atom. The molecule has 0 aliphatic carbocycles. The van der Waals surface area contributed by atoms with Crippen LogP contribution in [0.4, 0.5) is 0 Å². The molecular formula is C13H14N4. The van der Waals surface area contributed by atoms with Gasteiger partial charge < -0.3 is 5.32 Å². The zero-order valence-corrected chi connectivity index (χ0v) is 9.50. The van der Waals surface area contributed by atoms with E-state index < -0.39 is 0 Å². The molecule has 2 heterocycles. The minimum atomic E-state index is 0.920. The van der Waals surface area contributed by atoms with E-state index in [4.69, 9.17) is 0 Å². The Morgan fingerprint density at radius 3 is 2.71 bits per heavy atom. The molecule has 1 aromatic heterocycles. The molecule has 4 heteroatoms. The highest BCUT2D eigenvalue weighted by atomic mass is 15.3. The lowest BCUT2D eigenvalue weighted by Gasteiger charge is -2.14. The molecule has 0 unspecified atom stereocenters. The summed E-state index contributed by atoms with van der Waals surface area (Å²) >= 11 is 0. The molecule has 4 nitrogen and oxygen atoms in total. The van der Waals surface area contributed by atoms with Gasteiger partial charge in [0.25, 0.3) is 0 Å². The summed E-state index contributed by atoms with van der Waals surface area (Å²) in [5.41, 5.74) is 2.20. The number of amidine groups is 1. The molecule has 1 aromatic carbocycles. The summed E-state index contributed by atoms with van der Waals surface area (Å²) in [6, 6.07) is 10.2. The summed E-state index contributed by atoms with van der Waals surface area (Å²) in [4.78, 5) is 4.48. The summed E-state index contributed by atoms with van der Waals surface area (Å²) in [5, 5.41) is 7.52. The third kappa shape index (κ3) is 2.06. The van der Waals surface area contributed by atoms with E-state index in [0.29, 0.717) is 0 Å². The SMILES string of the molecule is c1cnn(-c2ccc(C3=NCCCN3)cc2)c1. The molecule has 0 fully saturated rings. The quantitative estimate of drug-likeness (QED) is 0.845. The molecule has 0 amide bonds. The molecule has 0 bridgehead atoms. The molecular weight excluding hydrogens is 212 g/mol. The van der Waals surface area contributed by atoms with Gasteiger partial charge in [0.1, 0.15) is 5.84 Å². The number of benzene rings is 1. The van der Waals surface area contributed by atoms with Crippen LogP contribution in [-0.2, 0) is 0 Å². The van der Waals surface area contributed by atoms with Crippen LogP contribution in [-0.4, -0.2) is 28.7 Å². The minimum Gasteiger partial charge on any atom is -0.370 e. The summed E-state index contributed by atoms with van der Waals surface area (Å²) < 4.78 is 1.85. The first-order valence-corrected chi connectivity index (χ1v) is 5.82. The van der Waals surface area contributed by atoms with Crippen LogP contribution >= 0.6 is 0 Å². The summed E-state index contributed by atoms with van der Waals surface area (Å²) in [6.07, 6.45) is 4.83. The molecule has 3 rings (SSSR count). The molecule has 17 heavy (non-hydrogen) atoms. The second kappa shape index (κ2) is 4.41. The van der Waals surface area contributed by atoms with Crippen molar-refractivity contribution in [1.29, 1.82) is 0 Å². The molecule has 1 aliphatic heterocycles. The van der Waals surface area contributed by atoms with Crippen LogP contribution in [0, 0.1) is 0 Å². The van der Waals surface area contributed by atoms with Crippen molar-refractivity contribution < 1.29 is 0 Å². The van der Waals surface area contributed by atoms with Crippen LogP contribution in [0.25, 0.3) is 5.69 Å². The molecule has 0 radical (unpaired) electrons. The lowest BCUT2D eigenvalue weighted by atomic mass is 10.1. The van der Waals surface area contributed by atoms with Gasteiger partial charge in [-0.25, -0.2) is 4.68 Å². The zero-order valence-electron chi connectivity index (χ0n) is 9.50. The number of hydrogen-bond acceptors (Lipinski definition) is 3. The highest BCUT2D eigenvalue weighted by Crippen LogP contribution is 2.10. The fourth-order valence-corrected chi connectivity index (χ4v) is 1.92. The van der Waals surface area contributed by atoms with Gasteiger partial charge in [0, 0.05) is 31.0 Å². The second-order valence-corrected chi connectivity index (χ2v) is 4.01. The average molecular weight is 226 g/mol. The Kier molecular flexibility index (Phi) is 2.62. The van der Waals surface area contributed by atoms with Gasteiger partial charge in [-0.05, 0) is 36.8 Å². The van der Waals surface area contributed by atoms with Crippen molar-refractivity contribution in [3.8, 4) is 5.69 Å². The van der Waals surface area contributed by atoms with Crippen molar-refractivity contribution in [2.75, 3.05) is 13.1 Å². The molecule has 0 spiro atoms. The third-order valence-electron chi connectivity index (χ3n) is 2.81. The Bertz CT molecular complexity index is 511. The average Bonchev–Trinajstić information content (AvgIpc) is 2.94. The van der Waals surface area contributed by atoms with Gasteiger partial charge in [-0.3, -0.25) is 4.99 Å². The van der Waals surface area contributed by atoms with E-state index in [0.717, 1.165) is 36.6 Å². The number of nitrogens with one attached hydrogen (secondary N) is 1. The van der Waals surface area contributed by atoms with Crippen molar-refractivity contribution >= 4 is 5.84 Å².